The number of ether oxygens (including phenoxy) is 2. The Kier molecular flexibility index (Phi) is 5.06. The van der Waals surface area contributed by atoms with Gasteiger partial charge in [-0.3, -0.25) is 4.79 Å². The van der Waals surface area contributed by atoms with E-state index in [4.69, 9.17) is 21.1 Å². The summed E-state index contributed by atoms with van der Waals surface area (Å²) >= 11 is 6.00. The van der Waals surface area contributed by atoms with E-state index in [2.05, 4.69) is 10.3 Å². The predicted molar refractivity (Wildman–Crippen MR) is 93.0 cm³/mol. The molecule has 1 aliphatic rings. The van der Waals surface area contributed by atoms with E-state index in [1.165, 1.54) is 0 Å². The summed E-state index contributed by atoms with van der Waals surface area (Å²) in [5.41, 5.74) is 0.498. The maximum absolute atomic E-state index is 12.4. The van der Waals surface area contributed by atoms with Gasteiger partial charge in [0, 0.05) is 23.6 Å². The zero-order chi connectivity index (χ0) is 17.1. The molecule has 1 aromatic heterocycles. The van der Waals surface area contributed by atoms with E-state index in [-0.39, 0.29) is 18.3 Å². The molecule has 0 amide bonds. The smallest absolute Gasteiger partial charge is 0.345 e. The van der Waals surface area contributed by atoms with Crippen LogP contribution in [0, 0.1) is 0 Å². The molecule has 0 saturated carbocycles. The van der Waals surface area contributed by atoms with E-state index < -0.39 is 11.5 Å². The maximum Gasteiger partial charge on any atom is 0.345 e. The second kappa shape index (κ2) is 7.23. The molecule has 1 fully saturated rings. The van der Waals surface area contributed by atoms with Crippen LogP contribution < -0.4 is 10.9 Å². The standard InChI is InChI=1S/C17H19ClN2O4/c1-2-23-17(22)14-15(19-9-11-4-3-7-24-11)12-6-5-10(18)8-13(12)20-16(14)21/h5-6,8,11H,2-4,7,9H2,1H3,(H2,19,20,21)/t11-/m1/s1. The molecule has 1 atom stereocenters. The van der Waals surface area contributed by atoms with E-state index in [1.807, 2.05) is 0 Å². The number of aromatic nitrogens is 1. The number of aromatic amines is 1. The topological polar surface area (TPSA) is 80.4 Å². The third-order valence-electron chi connectivity index (χ3n) is 3.99. The van der Waals surface area contributed by atoms with Crippen LogP contribution >= 0.6 is 11.6 Å². The summed E-state index contributed by atoms with van der Waals surface area (Å²) < 4.78 is 10.6. The molecule has 0 unspecified atom stereocenters. The predicted octanol–water partition coefficient (Wildman–Crippen LogP) is 2.95. The molecule has 2 N–H and O–H groups in total. The number of nitrogens with one attached hydrogen (secondary N) is 2. The van der Waals surface area contributed by atoms with Crippen molar-refractivity contribution >= 4 is 34.2 Å². The molecule has 1 aromatic carbocycles. The third-order valence-corrected chi connectivity index (χ3v) is 4.22. The molecular formula is C17H19ClN2O4. The highest BCUT2D eigenvalue weighted by molar-refractivity contribution is 6.31. The highest BCUT2D eigenvalue weighted by Crippen LogP contribution is 2.27. The number of pyridine rings is 1. The number of hydrogen-bond donors (Lipinski definition) is 2. The van der Waals surface area contributed by atoms with Gasteiger partial charge in [0.2, 0.25) is 0 Å². The molecular weight excluding hydrogens is 332 g/mol. The van der Waals surface area contributed by atoms with Gasteiger partial charge in [0.15, 0.2) is 0 Å². The molecule has 0 aliphatic carbocycles. The van der Waals surface area contributed by atoms with Gasteiger partial charge in [0.05, 0.1) is 23.9 Å². The molecule has 2 aromatic rings. The molecule has 7 heteroatoms. The Balaban J connectivity index is 2.07. The second-order valence-corrected chi connectivity index (χ2v) is 6.07. The molecule has 3 rings (SSSR count). The van der Waals surface area contributed by atoms with Crippen LogP contribution in [0.15, 0.2) is 23.0 Å². The first-order chi connectivity index (χ1) is 11.6. The number of carbonyl (C=O) groups is 1. The van der Waals surface area contributed by atoms with E-state index in [0.717, 1.165) is 19.4 Å². The first-order valence-electron chi connectivity index (χ1n) is 7.98. The summed E-state index contributed by atoms with van der Waals surface area (Å²) in [6.07, 6.45) is 2.04. The summed E-state index contributed by atoms with van der Waals surface area (Å²) in [4.78, 5) is 27.4. The highest BCUT2D eigenvalue weighted by Gasteiger charge is 2.22. The van der Waals surface area contributed by atoms with Crippen LogP contribution in [-0.2, 0) is 9.47 Å². The summed E-state index contributed by atoms with van der Waals surface area (Å²) in [5.74, 6) is -0.648. The van der Waals surface area contributed by atoms with Gasteiger partial charge in [-0.15, -0.1) is 0 Å². The minimum absolute atomic E-state index is 0.0235. The molecule has 6 nitrogen and oxygen atoms in total. The fourth-order valence-corrected chi connectivity index (χ4v) is 3.05. The molecule has 0 spiro atoms. The Labute approximate surface area is 144 Å². The van der Waals surface area contributed by atoms with E-state index >= 15 is 0 Å². The van der Waals surface area contributed by atoms with Crippen LogP contribution in [0.3, 0.4) is 0 Å². The van der Waals surface area contributed by atoms with Crippen molar-refractivity contribution in [2.45, 2.75) is 25.9 Å². The highest BCUT2D eigenvalue weighted by atomic mass is 35.5. The number of benzene rings is 1. The molecule has 0 radical (unpaired) electrons. The first kappa shape index (κ1) is 16.8. The number of halogens is 1. The Hall–Kier alpha value is -2.05. The quantitative estimate of drug-likeness (QED) is 0.810. The minimum Gasteiger partial charge on any atom is -0.462 e. The van der Waals surface area contributed by atoms with Crippen molar-refractivity contribution in [3.63, 3.8) is 0 Å². The summed E-state index contributed by atoms with van der Waals surface area (Å²) in [7, 11) is 0. The van der Waals surface area contributed by atoms with Gasteiger partial charge in [-0.25, -0.2) is 4.79 Å². The van der Waals surface area contributed by atoms with E-state index in [9.17, 15) is 9.59 Å². The zero-order valence-corrected chi connectivity index (χ0v) is 14.1. The van der Waals surface area contributed by atoms with E-state index in [0.29, 0.717) is 28.2 Å². The van der Waals surface area contributed by atoms with Gasteiger partial charge in [0.25, 0.3) is 5.56 Å². The number of fused-ring (bicyclic) bond motifs is 1. The fourth-order valence-electron chi connectivity index (χ4n) is 2.87. The largest absolute Gasteiger partial charge is 0.462 e. The number of H-pyrrole nitrogens is 1. The van der Waals surface area contributed by atoms with Gasteiger partial charge >= 0.3 is 5.97 Å². The number of esters is 1. The normalized spacial score (nSPS) is 17.2. The summed E-state index contributed by atoms with van der Waals surface area (Å²) in [5, 5.41) is 4.42. The van der Waals surface area contributed by atoms with Gasteiger partial charge in [0.1, 0.15) is 5.56 Å². The van der Waals surface area contributed by atoms with Crippen molar-refractivity contribution in [3.8, 4) is 0 Å². The van der Waals surface area contributed by atoms with Crippen molar-refractivity contribution in [1.82, 2.24) is 4.98 Å². The van der Waals surface area contributed by atoms with Crippen LogP contribution in [-0.4, -0.2) is 36.8 Å². The Bertz CT molecular complexity index is 812. The van der Waals surface area contributed by atoms with Crippen LogP contribution in [0.1, 0.15) is 30.1 Å². The van der Waals surface area contributed by atoms with Gasteiger partial charge < -0.3 is 19.8 Å². The number of anilines is 1. The van der Waals surface area contributed by atoms with E-state index in [1.54, 1.807) is 25.1 Å². The number of rotatable bonds is 5. The van der Waals surface area contributed by atoms with Crippen molar-refractivity contribution in [2.24, 2.45) is 0 Å². The van der Waals surface area contributed by atoms with Crippen LogP contribution in [0.5, 0.6) is 0 Å². The average Bonchev–Trinajstić information content (AvgIpc) is 3.05. The van der Waals surface area contributed by atoms with Crippen molar-refractivity contribution < 1.29 is 14.3 Å². The van der Waals surface area contributed by atoms with Crippen molar-refractivity contribution in [2.75, 3.05) is 25.1 Å². The second-order valence-electron chi connectivity index (χ2n) is 5.63. The Morgan fingerprint density at radius 1 is 1.50 bits per heavy atom. The van der Waals surface area contributed by atoms with Crippen LogP contribution in [0.25, 0.3) is 10.9 Å². The number of hydrogen-bond acceptors (Lipinski definition) is 5. The maximum atomic E-state index is 12.4. The molecule has 1 saturated heterocycles. The fraction of sp³-hybridized carbons (Fsp3) is 0.412. The van der Waals surface area contributed by atoms with Crippen LogP contribution in [0.4, 0.5) is 5.69 Å². The Morgan fingerprint density at radius 3 is 3.04 bits per heavy atom. The lowest BCUT2D eigenvalue weighted by atomic mass is 10.1. The molecule has 1 aliphatic heterocycles. The Morgan fingerprint density at radius 2 is 2.33 bits per heavy atom. The zero-order valence-electron chi connectivity index (χ0n) is 13.4. The SMILES string of the molecule is CCOC(=O)c1c(NC[C@H]2CCCO2)c2ccc(Cl)cc2[nH]c1=O. The van der Waals surface area contributed by atoms with Gasteiger partial charge in [-0.05, 0) is 38.0 Å². The van der Waals surface area contributed by atoms with Crippen molar-refractivity contribution in [3.05, 3.63) is 39.1 Å². The molecule has 24 heavy (non-hydrogen) atoms. The van der Waals surface area contributed by atoms with Gasteiger partial charge in [-0.2, -0.15) is 0 Å². The number of carbonyl (C=O) groups excluding carboxylic acids is 1. The van der Waals surface area contributed by atoms with Crippen LogP contribution in [0.2, 0.25) is 5.02 Å². The molecule has 0 bridgehead atoms. The van der Waals surface area contributed by atoms with Crippen molar-refractivity contribution in [1.29, 1.82) is 0 Å². The lowest BCUT2D eigenvalue weighted by molar-refractivity contribution is 0.0525. The van der Waals surface area contributed by atoms with Gasteiger partial charge in [-0.1, -0.05) is 11.6 Å². The summed E-state index contributed by atoms with van der Waals surface area (Å²) in [6, 6.07) is 5.15. The monoisotopic (exact) mass is 350 g/mol. The third kappa shape index (κ3) is 3.39. The molecule has 2 heterocycles. The minimum atomic E-state index is -0.648. The lowest BCUT2D eigenvalue weighted by Crippen LogP contribution is -2.26. The average molecular weight is 351 g/mol. The molecule has 128 valence electrons. The first-order valence-corrected chi connectivity index (χ1v) is 8.36. The lowest BCUT2D eigenvalue weighted by Gasteiger charge is -2.16. The summed E-state index contributed by atoms with van der Waals surface area (Å²) in [6.45, 7) is 3.16.